The quantitative estimate of drug-likeness (QED) is 0.551. The summed E-state index contributed by atoms with van der Waals surface area (Å²) in [5.41, 5.74) is 1.65. The lowest BCUT2D eigenvalue weighted by Gasteiger charge is -2.17. The molecule has 0 aliphatic carbocycles. The molecule has 0 aliphatic heterocycles. The van der Waals surface area contributed by atoms with Crippen molar-refractivity contribution in [1.29, 1.82) is 0 Å². The lowest BCUT2D eigenvalue weighted by Crippen LogP contribution is -2.19. The summed E-state index contributed by atoms with van der Waals surface area (Å²) >= 11 is 0. The van der Waals surface area contributed by atoms with Gasteiger partial charge in [-0.05, 0) is 12.1 Å². The van der Waals surface area contributed by atoms with Crippen molar-refractivity contribution in [3.05, 3.63) is 29.1 Å². The maximum absolute atomic E-state index is 12.8. The summed E-state index contributed by atoms with van der Waals surface area (Å²) in [6.45, 7) is 0. The molecule has 0 amide bonds. The van der Waals surface area contributed by atoms with E-state index >= 15 is 0 Å². The highest BCUT2D eigenvalue weighted by Crippen LogP contribution is 2.38. The number of aliphatic hydroxyl groups is 1. The van der Waals surface area contributed by atoms with Gasteiger partial charge < -0.3 is 15.9 Å². The Balaban J connectivity index is 3.52. The Kier molecular flexibility index (Phi) is 3.28. The molecule has 0 saturated heterocycles. The summed E-state index contributed by atoms with van der Waals surface area (Å²) in [5.74, 6) is -3.18. The first-order valence-electron chi connectivity index (χ1n) is 4.21. The number of halogens is 4. The molecular weight excluding hydrogens is 246 g/mol. The topological polar surface area (TPSA) is 83.5 Å². The van der Waals surface area contributed by atoms with Gasteiger partial charge in [0.2, 0.25) is 0 Å². The summed E-state index contributed by atoms with van der Waals surface area (Å²) in [7, 11) is 0. The highest BCUT2D eigenvalue weighted by atomic mass is 19.4. The number of carboxylic acid groups (broad SMARTS) is 1. The normalized spacial score (nSPS) is 13.5. The van der Waals surface area contributed by atoms with Gasteiger partial charge in [0.15, 0.2) is 6.10 Å². The zero-order valence-electron chi connectivity index (χ0n) is 8.12. The summed E-state index contributed by atoms with van der Waals surface area (Å²) in [5, 5.41) is 17.6. The van der Waals surface area contributed by atoms with E-state index in [0.29, 0.717) is 6.07 Å². The van der Waals surface area contributed by atoms with Crippen LogP contribution < -0.4 is 5.73 Å². The fourth-order valence-electron chi connectivity index (χ4n) is 1.30. The van der Waals surface area contributed by atoms with Gasteiger partial charge in [0.05, 0.1) is 5.56 Å². The Morgan fingerprint density at radius 3 is 2.29 bits per heavy atom. The van der Waals surface area contributed by atoms with E-state index in [-0.39, 0.29) is 6.07 Å². The highest BCUT2D eigenvalue weighted by Gasteiger charge is 2.38. The van der Waals surface area contributed by atoms with Gasteiger partial charge >= 0.3 is 12.1 Å². The third-order valence-electron chi connectivity index (χ3n) is 1.99. The summed E-state index contributed by atoms with van der Waals surface area (Å²) < 4.78 is 50.3. The van der Waals surface area contributed by atoms with E-state index in [1.165, 1.54) is 0 Å². The zero-order chi connectivity index (χ0) is 13.4. The SMILES string of the molecule is Nc1cc(F)cc(C(F)(F)F)c1C(O)C(=O)O. The second-order valence-electron chi connectivity index (χ2n) is 3.19. The predicted molar refractivity (Wildman–Crippen MR) is 48.4 cm³/mol. The highest BCUT2D eigenvalue weighted by molar-refractivity contribution is 5.77. The van der Waals surface area contributed by atoms with Gasteiger partial charge in [-0.15, -0.1) is 0 Å². The molecule has 17 heavy (non-hydrogen) atoms. The van der Waals surface area contributed by atoms with Crippen LogP contribution in [0.25, 0.3) is 0 Å². The van der Waals surface area contributed by atoms with Crippen molar-refractivity contribution in [1.82, 2.24) is 0 Å². The maximum atomic E-state index is 12.8. The molecule has 0 heterocycles. The molecule has 1 aromatic carbocycles. The number of anilines is 1. The van der Waals surface area contributed by atoms with Gasteiger partial charge in [0, 0.05) is 11.3 Å². The Bertz CT molecular complexity index is 458. The van der Waals surface area contributed by atoms with Crippen LogP contribution in [0.2, 0.25) is 0 Å². The fourth-order valence-corrected chi connectivity index (χ4v) is 1.30. The molecule has 1 atom stereocenters. The first-order chi connectivity index (χ1) is 7.64. The number of carboxylic acids is 1. The monoisotopic (exact) mass is 253 g/mol. The van der Waals surface area contributed by atoms with Crippen molar-refractivity contribution in [2.45, 2.75) is 12.3 Å². The van der Waals surface area contributed by atoms with E-state index in [0.717, 1.165) is 0 Å². The van der Waals surface area contributed by atoms with Crippen molar-refractivity contribution < 1.29 is 32.6 Å². The van der Waals surface area contributed by atoms with Crippen LogP contribution >= 0.6 is 0 Å². The van der Waals surface area contributed by atoms with Crippen molar-refractivity contribution >= 4 is 11.7 Å². The number of nitrogens with two attached hydrogens (primary N) is 1. The molecule has 0 radical (unpaired) electrons. The number of alkyl halides is 3. The second-order valence-corrected chi connectivity index (χ2v) is 3.19. The Morgan fingerprint density at radius 1 is 1.35 bits per heavy atom. The number of aliphatic carboxylic acids is 1. The molecule has 0 saturated carbocycles. The molecule has 0 aliphatic rings. The number of rotatable bonds is 2. The zero-order valence-corrected chi connectivity index (χ0v) is 8.12. The lowest BCUT2D eigenvalue weighted by molar-refractivity contribution is -0.149. The number of hydrogen-bond donors (Lipinski definition) is 3. The van der Waals surface area contributed by atoms with Gasteiger partial charge in [-0.25, -0.2) is 9.18 Å². The molecule has 1 unspecified atom stereocenters. The molecule has 1 rings (SSSR count). The number of carbonyl (C=O) groups is 1. The smallest absolute Gasteiger partial charge is 0.416 e. The van der Waals surface area contributed by atoms with Crippen LogP contribution in [0.3, 0.4) is 0 Å². The Hall–Kier alpha value is -1.83. The van der Waals surface area contributed by atoms with E-state index in [4.69, 9.17) is 15.9 Å². The van der Waals surface area contributed by atoms with Crippen LogP contribution in [0.5, 0.6) is 0 Å². The van der Waals surface area contributed by atoms with Crippen LogP contribution in [0, 0.1) is 5.82 Å². The minimum atomic E-state index is -5.01. The molecule has 94 valence electrons. The summed E-state index contributed by atoms with van der Waals surface area (Å²) in [6, 6.07) is 0.592. The van der Waals surface area contributed by atoms with Crippen LogP contribution in [0.4, 0.5) is 23.2 Å². The van der Waals surface area contributed by atoms with E-state index in [1.54, 1.807) is 0 Å². The summed E-state index contributed by atoms with van der Waals surface area (Å²) in [4.78, 5) is 10.4. The average molecular weight is 253 g/mol. The minimum absolute atomic E-state index is 0.0812. The molecule has 4 nitrogen and oxygen atoms in total. The average Bonchev–Trinajstić information content (AvgIpc) is 2.14. The van der Waals surface area contributed by atoms with Gasteiger partial charge in [-0.3, -0.25) is 0 Å². The molecule has 1 aromatic rings. The Morgan fingerprint density at radius 2 is 1.88 bits per heavy atom. The van der Waals surface area contributed by atoms with Gasteiger partial charge in [0.1, 0.15) is 5.82 Å². The van der Waals surface area contributed by atoms with Crippen molar-refractivity contribution in [3.8, 4) is 0 Å². The standard InChI is InChI=1S/C9H7F4NO3/c10-3-1-4(9(11,12)13)6(5(14)2-3)7(15)8(16)17/h1-2,7,15H,14H2,(H,16,17). The van der Waals surface area contributed by atoms with E-state index < -0.39 is 40.9 Å². The number of hydrogen-bond acceptors (Lipinski definition) is 3. The number of aliphatic hydroxyl groups excluding tert-OH is 1. The lowest BCUT2D eigenvalue weighted by atomic mass is 9.99. The molecule has 8 heteroatoms. The van der Waals surface area contributed by atoms with E-state index in [2.05, 4.69) is 0 Å². The van der Waals surface area contributed by atoms with Crippen LogP contribution in [-0.4, -0.2) is 16.2 Å². The molecule has 0 spiro atoms. The first kappa shape index (κ1) is 13.2. The van der Waals surface area contributed by atoms with Crippen molar-refractivity contribution in [3.63, 3.8) is 0 Å². The second kappa shape index (κ2) is 4.21. The molecule has 4 N–H and O–H groups in total. The van der Waals surface area contributed by atoms with Gasteiger partial charge in [0.25, 0.3) is 0 Å². The third kappa shape index (κ3) is 2.64. The minimum Gasteiger partial charge on any atom is -0.479 e. The molecule has 0 bridgehead atoms. The van der Waals surface area contributed by atoms with Crippen molar-refractivity contribution in [2.75, 3.05) is 5.73 Å². The molecule has 0 fully saturated rings. The fraction of sp³-hybridized carbons (Fsp3) is 0.222. The maximum Gasteiger partial charge on any atom is 0.416 e. The predicted octanol–water partition coefficient (Wildman–Crippen LogP) is 1.54. The van der Waals surface area contributed by atoms with Crippen molar-refractivity contribution in [2.24, 2.45) is 0 Å². The summed E-state index contributed by atoms with van der Waals surface area (Å²) in [6.07, 6.45) is -7.48. The van der Waals surface area contributed by atoms with Crippen LogP contribution in [-0.2, 0) is 11.0 Å². The van der Waals surface area contributed by atoms with E-state index in [9.17, 15) is 22.4 Å². The van der Waals surface area contributed by atoms with Gasteiger partial charge in [-0.2, -0.15) is 13.2 Å². The molecule has 0 aromatic heterocycles. The Labute approximate surface area is 92.3 Å². The third-order valence-corrected chi connectivity index (χ3v) is 1.99. The van der Waals surface area contributed by atoms with E-state index in [1.807, 2.05) is 0 Å². The number of benzene rings is 1. The largest absolute Gasteiger partial charge is 0.479 e. The first-order valence-corrected chi connectivity index (χ1v) is 4.21. The van der Waals surface area contributed by atoms with Gasteiger partial charge in [-0.1, -0.05) is 0 Å². The van der Waals surface area contributed by atoms with Crippen LogP contribution in [0.1, 0.15) is 17.2 Å². The number of nitrogen functional groups attached to an aromatic ring is 1. The van der Waals surface area contributed by atoms with Crippen LogP contribution in [0.15, 0.2) is 12.1 Å². The molecular formula is C9H7F4NO3.